The van der Waals surface area contributed by atoms with Gasteiger partial charge in [-0.25, -0.2) is 12.8 Å². The van der Waals surface area contributed by atoms with Crippen LogP contribution in [0.3, 0.4) is 0 Å². The van der Waals surface area contributed by atoms with Crippen LogP contribution in [0.2, 0.25) is 5.02 Å². The number of nitrogens with zero attached hydrogens (tertiary/aromatic N) is 1. The van der Waals surface area contributed by atoms with Crippen molar-refractivity contribution >= 4 is 33.3 Å². The molecule has 0 bridgehead atoms. The number of benzene rings is 3. The van der Waals surface area contributed by atoms with Gasteiger partial charge in [0.1, 0.15) is 23.1 Å². The summed E-state index contributed by atoms with van der Waals surface area (Å²) in [5, 5.41) is 0.278. The van der Waals surface area contributed by atoms with Crippen molar-refractivity contribution in [2.75, 3.05) is 19.4 Å². The standard InChI is InChI=1S/C27H26ClFN2O5S/c1-3-19-20(7-9-24(25(19)29)37(2,34)35)27(33)31-10-11-36-23-8-5-16(13-18(23)15-31)12-17-4-6-21(26(30)32)22(28)14-17/h4-9,13-14H,3,10-12,15H2,1-2H3,(H2,30,32). The van der Waals surface area contributed by atoms with E-state index in [1.807, 2.05) is 18.2 Å². The molecule has 0 radical (unpaired) electrons. The van der Waals surface area contributed by atoms with E-state index in [-0.39, 0.29) is 47.8 Å². The number of carbonyl (C=O) groups is 2. The molecule has 0 aliphatic carbocycles. The van der Waals surface area contributed by atoms with Crippen LogP contribution in [0.15, 0.2) is 53.4 Å². The van der Waals surface area contributed by atoms with Crippen molar-refractivity contribution in [1.82, 2.24) is 4.90 Å². The highest BCUT2D eigenvalue weighted by Gasteiger charge is 2.27. The Balaban J connectivity index is 1.61. The molecule has 0 spiro atoms. The van der Waals surface area contributed by atoms with Gasteiger partial charge in [-0.2, -0.15) is 0 Å². The van der Waals surface area contributed by atoms with Crippen molar-refractivity contribution in [3.05, 3.63) is 92.8 Å². The van der Waals surface area contributed by atoms with Gasteiger partial charge in [-0.3, -0.25) is 9.59 Å². The molecule has 0 saturated carbocycles. The van der Waals surface area contributed by atoms with Crippen molar-refractivity contribution in [2.45, 2.75) is 31.2 Å². The molecule has 0 unspecified atom stereocenters. The first-order valence-corrected chi connectivity index (χ1v) is 13.9. The van der Waals surface area contributed by atoms with Crippen molar-refractivity contribution in [1.29, 1.82) is 0 Å². The number of ether oxygens (including phenoxy) is 1. The summed E-state index contributed by atoms with van der Waals surface area (Å²) in [6, 6.07) is 13.3. The zero-order valence-electron chi connectivity index (χ0n) is 20.4. The summed E-state index contributed by atoms with van der Waals surface area (Å²) in [4.78, 5) is 26.0. The fraction of sp³-hybridized carbons (Fsp3) is 0.259. The molecule has 37 heavy (non-hydrogen) atoms. The number of hydrogen-bond donors (Lipinski definition) is 1. The third-order valence-corrected chi connectivity index (χ3v) is 7.72. The highest BCUT2D eigenvalue weighted by Crippen LogP contribution is 2.29. The second kappa shape index (κ2) is 10.5. The van der Waals surface area contributed by atoms with Gasteiger partial charge in [0.2, 0.25) is 5.91 Å². The van der Waals surface area contributed by atoms with Crippen molar-refractivity contribution < 1.29 is 27.1 Å². The Morgan fingerprint density at radius 1 is 1.08 bits per heavy atom. The molecule has 1 aliphatic rings. The highest BCUT2D eigenvalue weighted by atomic mass is 35.5. The van der Waals surface area contributed by atoms with E-state index in [2.05, 4.69) is 0 Å². The molecule has 1 heterocycles. The SMILES string of the molecule is CCc1c(C(=O)N2CCOc3ccc(Cc4ccc(C(N)=O)c(Cl)c4)cc3C2)ccc(S(C)(=O)=O)c1F. The smallest absolute Gasteiger partial charge is 0.254 e. The molecular weight excluding hydrogens is 519 g/mol. The molecule has 10 heteroatoms. The minimum Gasteiger partial charge on any atom is -0.491 e. The van der Waals surface area contributed by atoms with E-state index in [0.717, 1.165) is 29.0 Å². The molecule has 4 rings (SSSR count). The van der Waals surface area contributed by atoms with E-state index in [9.17, 15) is 18.0 Å². The van der Waals surface area contributed by atoms with Gasteiger partial charge in [-0.05, 0) is 60.4 Å². The molecule has 7 nitrogen and oxygen atoms in total. The zero-order chi connectivity index (χ0) is 26.9. The maximum Gasteiger partial charge on any atom is 0.254 e. The number of hydrogen-bond acceptors (Lipinski definition) is 5. The number of rotatable bonds is 6. The van der Waals surface area contributed by atoms with Crippen LogP contribution < -0.4 is 10.5 Å². The topological polar surface area (TPSA) is 107 Å². The molecule has 194 valence electrons. The Labute approximate surface area is 219 Å². The second-order valence-electron chi connectivity index (χ2n) is 8.90. The first kappa shape index (κ1) is 26.6. The summed E-state index contributed by atoms with van der Waals surface area (Å²) in [6.07, 6.45) is 1.63. The van der Waals surface area contributed by atoms with E-state index < -0.39 is 32.4 Å². The zero-order valence-corrected chi connectivity index (χ0v) is 22.0. The molecule has 0 fully saturated rings. The molecule has 3 aromatic carbocycles. The average molecular weight is 545 g/mol. The third kappa shape index (κ3) is 5.62. The van der Waals surface area contributed by atoms with Crippen LogP contribution >= 0.6 is 11.6 Å². The molecular formula is C27H26ClFN2O5S. The van der Waals surface area contributed by atoms with Crippen LogP contribution in [0, 0.1) is 5.82 Å². The van der Waals surface area contributed by atoms with Gasteiger partial charge in [-0.15, -0.1) is 0 Å². The van der Waals surface area contributed by atoms with Gasteiger partial charge in [0.15, 0.2) is 9.84 Å². The first-order valence-electron chi connectivity index (χ1n) is 11.6. The van der Waals surface area contributed by atoms with Crippen LogP contribution in [0.25, 0.3) is 0 Å². The summed E-state index contributed by atoms with van der Waals surface area (Å²) in [6.45, 7) is 2.46. The number of nitrogens with two attached hydrogens (primary N) is 1. The number of halogens is 2. The maximum absolute atomic E-state index is 15.0. The van der Waals surface area contributed by atoms with E-state index >= 15 is 4.39 Å². The van der Waals surface area contributed by atoms with Crippen LogP contribution in [-0.4, -0.2) is 44.5 Å². The Bertz CT molecular complexity index is 1510. The molecule has 1 aliphatic heterocycles. The molecule has 2 amide bonds. The van der Waals surface area contributed by atoms with Gasteiger partial charge in [0.25, 0.3) is 5.91 Å². The predicted octanol–water partition coefficient (Wildman–Crippen LogP) is 4.17. The van der Waals surface area contributed by atoms with Crippen molar-refractivity contribution in [3.63, 3.8) is 0 Å². The lowest BCUT2D eigenvalue weighted by Gasteiger charge is -2.22. The van der Waals surface area contributed by atoms with E-state index in [1.54, 1.807) is 30.0 Å². The third-order valence-electron chi connectivity index (χ3n) is 6.29. The summed E-state index contributed by atoms with van der Waals surface area (Å²) < 4.78 is 44.8. The van der Waals surface area contributed by atoms with Crippen molar-refractivity contribution in [3.8, 4) is 5.75 Å². The summed E-state index contributed by atoms with van der Waals surface area (Å²) >= 11 is 6.19. The predicted molar refractivity (Wildman–Crippen MR) is 138 cm³/mol. The van der Waals surface area contributed by atoms with Gasteiger partial charge >= 0.3 is 0 Å². The minimum atomic E-state index is -3.77. The van der Waals surface area contributed by atoms with E-state index in [4.69, 9.17) is 22.1 Å². The quantitative estimate of drug-likeness (QED) is 0.501. The van der Waals surface area contributed by atoms with E-state index in [1.165, 1.54) is 6.07 Å². The van der Waals surface area contributed by atoms with Gasteiger partial charge in [-0.1, -0.05) is 30.7 Å². The number of fused-ring (bicyclic) bond motifs is 1. The first-order chi connectivity index (χ1) is 17.5. The fourth-order valence-corrected chi connectivity index (χ4v) is 5.50. The van der Waals surface area contributed by atoms with Crippen LogP contribution in [0.5, 0.6) is 5.75 Å². The molecule has 3 aromatic rings. The van der Waals surface area contributed by atoms with E-state index in [0.29, 0.717) is 12.2 Å². The number of carbonyl (C=O) groups excluding carboxylic acids is 2. The average Bonchev–Trinajstić information content (AvgIpc) is 3.04. The normalized spacial score (nSPS) is 13.5. The summed E-state index contributed by atoms with van der Waals surface area (Å²) in [5.74, 6) is -1.23. The molecule has 2 N–H and O–H groups in total. The monoisotopic (exact) mass is 544 g/mol. The Hall–Kier alpha value is -3.43. The lowest BCUT2D eigenvalue weighted by Crippen LogP contribution is -2.33. The van der Waals surface area contributed by atoms with Gasteiger partial charge in [0, 0.05) is 29.5 Å². The Morgan fingerprint density at radius 2 is 1.76 bits per heavy atom. The molecule has 0 atom stereocenters. The second-order valence-corrected chi connectivity index (χ2v) is 11.3. The minimum absolute atomic E-state index is 0.0725. The van der Waals surface area contributed by atoms with Gasteiger partial charge < -0.3 is 15.4 Å². The lowest BCUT2D eigenvalue weighted by atomic mass is 10.00. The van der Waals surface area contributed by atoms with Gasteiger partial charge in [0.05, 0.1) is 17.1 Å². The van der Waals surface area contributed by atoms with Crippen LogP contribution in [-0.2, 0) is 29.2 Å². The fourth-order valence-electron chi connectivity index (χ4n) is 4.44. The Kier molecular flexibility index (Phi) is 7.57. The molecule has 0 aromatic heterocycles. The van der Waals surface area contributed by atoms with Crippen LogP contribution in [0.1, 0.15) is 49.9 Å². The largest absolute Gasteiger partial charge is 0.491 e. The maximum atomic E-state index is 15.0. The van der Waals surface area contributed by atoms with Crippen LogP contribution in [0.4, 0.5) is 4.39 Å². The number of amides is 2. The highest BCUT2D eigenvalue weighted by molar-refractivity contribution is 7.90. The lowest BCUT2D eigenvalue weighted by molar-refractivity contribution is 0.0731. The number of sulfone groups is 1. The van der Waals surface area contributed by atoms with Crippen molar-refractivity contribution in [2.24, 2.45) is 5.73 Å². The molecule has 0 saturated heterocycles. The Morgan fingerprint density at radius 3 is 2.41 bits per heavy atom. The summed E-state index contributed by atoms with van der Waals surface area (Å²) in [5.41, 5.74) is 8.39. The number of primary amides is 1. The summed E-state index contributed by atoms with van der Waals surface area (Å²) in [7, 11) is -3.77.